The molecule has 2 aromatic carbocycles. The fraction of sp³-hybridized carbons (Fsp3) is 0.176. The van der Waals surface area contributed by atoms with Gasteiger partial charge in [0.05, 0.1) is 10.7 Å². The number of nitrogens with zero attached hydrogens (tertiary/aromatic N) is 1. The highest BCUT2D eigenvalue weighted by Gasteiger charge is 2.08. The quantitative estimate of drug-likeness (QED) is 0.654. The summed E-state index contributed by atoms with van der Waals surface area (Å²) in [5.74, 6) is 0.367. The number of nitrogens with one attached hydrogen (secondary N) is 1. The van der Waals surface area contributed by atoms with Crippen LogP contribution in [0.3, 0.4) is 0 Å². The molecule has 0 radical (unpaired) electrons. The number of carbonyl (C=O) groups excluding carboxylic acids is 1. The molecule has 0 spiro atoms. The van der Waals surface area contributed by atoms with Gasteiger partial charge in [-0.3, -0.25) is 4.79 Å². The van der Waals surface area contributed by atoms with E-state index in [-0.39, 0.29) is 12.5 Å². The SMILES string of the molecule is Cc1cc(C)c(OCC(=O)N/N=C\c2ccccc2)c(Br)c1. The molecule has 0 atom stereocenters. The Labute approximate surface area is 138 Å². The molecule has 0 saturated heterocycles. The first-order chi connectivity index (χ1) is 10.6. The van der Waals surface area contributed by atoms with Gasteiger partial charge in [0.1, 0.15) is 5.75 Å². The minimum Gasteiger partial charge on any atom is -0.482 e. The van der Waals surface area contributed by atoms with Crippen molar-refractivity contribution in [2.45, 2.75) is 13.8 Å². The van der Waals surface area contributed by atoms with Crippen LogP contribution in [-0.2, 0) is 4.79 Å². The average molecular weight is 361 g/mol. The fourth-order valence-electron chi connectivity index (χ4n) is 1.97. The summed E-state index contributed by atoms with van der Waals surface area (Å²) in [5, 5.41) is 3.90. The average Bonchev–Trinajstić information content (AvgIpc) is 2.47. The lowest BCUT2D eigenvalue weighted by atomic mass is 10.1. The minimum atomic E-state index is -0.306. The second kappa shape index (κ2) is 7.75. The van der Waals surface area contributed by atoms with E-state index in [1.54, 1.807) is 6.21 Å². The van der Waals surface area contributed by atoms with Crippen molar-refractivity contribution in [3.8, 4) is 5.75 Å². The Morgan fingerprint density at radius 1 is 1.27 bits per heavy atom. The maximum absolute atomic E-state index is 11.7. The largest absolute Gasteiger partial charge is 0.482 e. The first-order valence-electron chi connectivity index (χ1n) is 6.83. The molecule has 0 saturated carbocycles. The second-order valence-electron chi connectivity index (χ2n) is 4.89. The number of rotatable bonds is 5. The molecule has 0 heterocycles. The lowest BCUT2D eigenvalue weighted by molar-refractivity contribution is -0.123. The van der Waals surface area contributed by atoms with Crippen molar-refractivity contribution in [2.75, 3.05) is 6.61 Å². The zero-order valence-electron chi connectivity index (χ0n) is 12.5. The van der Waals surface area contributed by atoms with Gasteiger partial charge in [-0.15, -0.1) is 0 Å². The van der Waals surface area contributed by atoms with Gasteiger partial charge in [-0.05, 0) is 52.5 Å². The van der Waals surface area contributed by atoms with Crippen LogP contribution in [0, 0.1) is 13.8 Å². The maximum Gasteiger partial charge on any atom is 0.277 e. The summed E-state index contributed by atoms with van der Waals surface area (Å²) >= 11 is 3.44. The van der Waals surface area contributed by atoms with Crippen molar-refractivity contribution in [3.05, 3.63) is 63.6 Å². The third-order valence-corrected chi connectivity index (χ3v) is 3.51. The standard InChI is InChI=1S/C17H17BrN2O2/c1-12-8-13(2)17(15(18)9-12)22-11-16(21)20-19-10-14-6-4-3-5-7-14/h3-10H,11H2,1-2H3,(H,20,21)/b19-10-. The number of ether oxygens (including phenoxy) is 1. The summed E-state index contributed by atoms with van der Waals surface area (Å²) < 4.78 is 6.39. The van der Waals surface area contributed by atoms with Gasteiger partial charge in [0, 0.05) is 0 Å². The second-order valence-corrected chi connectivity index (χ2v) is 5.74. The van der Waals surface area contributed by atoms with Crippen LogP contribution < -0.4 is 10.2 Å². The molecule has 0 bridgehead atoms. The number of hydrogen-bond acceptors (Lipinski definition) is 3. The normalized spacial score (nSPS) is 10.7. The molecular weight excluding hydrogens is 344 g/mol. The summed E-state index contributed by atoms with van der Waals surface area (Å²) in [4.78, 5) is 11.7. The molecule has 0 fully saturated rings. The highest BCUT2D eigenvalue weighted by Crippen LogP contribution is 2.29. The first-order valence-corrected chi connectivity index (χ1v) is 7.62. The van der Waals surface area contributed by atoms with Gasteiger partial charge in [0.15, 0.2) is 6.61 Å². The van der Waals surface area contributed by atoms with Gasteiger partial charge in [-0.1, -0.05) is 36.4 Å². The predicted molar refractivity (Wildman–Crippen MR) is 91.3 cm³/mol. The zero-order valence-corrected chi connectivity index (χ0v) is 14.1. The predicted octanol–water partition coefficient (Wildman–Crippen LogP) is 3.60. The molecule has 2 aromatic rings. The molecule has 22 heavy (non-hydrogen) atoms. The summed E-state index contributed by atoms with van der Waals surface area (Å²) in [6, 6.07) is 13.5. The topological polar surface area (TPSA) is 50.7 Å². The zero-order chi connectivity index (χ0) is 15.9. The minimum absolute atomic E-state index is 0.0887. The van der Waals surface area contributed by atoms with Crippen molar-refractivity contribution >= 4 is 28.1 Å². The smallest absolute Gasteiger partial charge is 0.277 e. The Kier molecular flexibility index (Phi) is 5.72. The lowest BCUT2D eigenvalue weighted by Gasteiger charge is -2.11. The molecule has 1 amide bonds. The molecule has 0 aliphatic carbocycles. The third kappa shape index (κ3) is 4.70. The van der Waals surface area contributed by atoms with Gasteiger partial charge in [0.2, 0.25) is 0 Å². The summed E-state index contributed by atoms with van der Waals surface area (Å²) in [6.07, 6.45) is 1.59. The van der Waals surface area contributed by atoms with E-state index in [1.165, 1.54) is 0 Å². The van der Waals surface area contributed by atoms with Gasteiger partial charge in [0.25, 0.3) is 5.91 Å². The monoisotopic (exact) mass is 360 g/mol. The third-order valence-electron chi connectivity index (χ3n) is 2.92. The van der Waals surface area contributed by atoms with Crippen molar-refractivity contribution in [2.24, 2.45) is 5.10 Å². The van der Waals surface area contributed by atoms with Crippen molar-refractivity contribution in [1.29, 1.82) is 0 Å². The number of benzene rings is 2. The van der Waals surface area contributed by atoms with E-state index in [4.69, 9.17) is 4.74 Å². The van der Waals surface area contributed by atoms with Crippen LogP contribution in [0.15, 0.2) is 52.0 Å². The van der Waals surface area contributed by atoms with E-state index in [0.717, 1.165) is 21.2 Å². The Morgan fingerprint density at radius 2 is 2.00 bits per heavy atom. The van der Waals surface area contributed by atoms with Crippen LogP contribution in [0.1, 0.15) is 16.7 Å². The van der Waals surface area contributed by atoms with E-state index >= 15 is 0 Å². The molecule has 4 nitrogen and oxygen atoms in total. The summed E-state index contributed by atoms with van der Waals surface area (Å²) in [6.45, 7) is 3.86. The number of aryl methyl sites for hydroxylation is 2. The molecule has 1 N–H and O–H groups in total. The molecule has 0 aliphatic rings. The van der Waals surface area contributed by atoms with E-state index < -0.39 is 0 Å². The van der Waals surface area contributed by atoms with E-state index in [2.05, 4.69) is 26.5 Å². The van der Waals surface area contributed by atoms with Crippen LogP contribution in [0.25, 0.3) is 0 Å². The van der Waals surface area contributed by atoms with Crippen LogP contribution in [0.5, 0.6) is 5.75 Å². The Morgan fingerprint density at radius 3 is 2.68 bits per heavy atom. The molecule has 0 unspecified atom stereocenters. The Balaban J connectivity index is 1.87. The number of hydrazone groups is 1. The van der Waals surface area contributed by atoms with Crippen LogP contribution in [0.2, 0.25) is 0 Å². The van der Waals surface area contributed by atoms with E-state index in [0.29, 0.717) is 5.75 Å². The first kappa shape index (κ1) is 16.2. The molecule has 2 rings (SSSR count). The fourth-order valence-corrected chi connectivity index (χ4v) is 2.76. The van der Waals surface area contributed by atoms with Crippen molar-refractivity contribution < 1.29 is 9.53 Å². The van der Waals surface area contributed by atoms with Gasteiger partial charge >= 0.3 is 0 Å². The summed E-state index contributed by atoms with van der Waals surface area (Å²) in [7, 11) is 0. The molecule has 114 valence electrons. The van der Waals surface area contributed by atoms with Crippen molar-refractivity contribution in [3.63, 3.8) is 0 Å². The number of hydrogen-bond donors (Lipinski definition) is 1. The Bertz CT molecular complexity index is 661. The highest BCUT2D eigenvalue weighted by molar-refractivity contribution is 9.10. The number of amides is 1. The van der Waals surface area contributed by atoms with Gasteiger partial charge in [-0.25, -0.2) is 5.43 Å². The Hall–Kier alpha value is -2.14. The molecule has 0 aromatic heterocycles. The molecular formula is C17H17BrN2O2. The molecule has 5 heteroatoms. The lowest BCUT2D eigenvalue weighted by Crippen LogP contribution is -2.24. The number of carbonyl (C=O) groups is 1. The van der Waals surface area contributed by atoms with Crippen LogP contribution in [0.4, 0.5) is 0 Å². The van der Waals surface area contributed by atoms with Crippen molar-refractivity contribution in [1.82, 2.24) is 5.43 Å². The van der Waals surface area contributed by atoms with Crippen LogP contribution >= 0.6 is 15.9 Å². The van der Waals surface area contributed by atoms with E-state index in [1.807, 2.05) is 56.3 Å². The van der Waals surface area contributed by atoms with Crippen LogP contribution in [-0.4, -0.2) is 18.7 Å². The van der Waals surface area contributed by atoms with Gasteiger partial charge in [-0.2, -0.15) is 5.10 Å². The highest BCUT2D eigenvalue weighted by atomic mass is 79.9. The molecule has 0 aliphatic heterocycles. The van der Waals surface area contributed by atoms with Gasteiger partial charge < -0.3 is 4.74 Å². The van der Waals surface area contributed by atoms with E-state index in [9.17, 15) is 4.79 Å². The number of halogens is 1. The maximum atomic E-state index is 11.7. The summed E-state index contributed by atoms with van der Waals surface area (Å²) in [5.41, 5.74) is 5.47.